The lowest BCUT2D eigenvalue weighted by molar-refractivity contribution is -0.120. The second-order valence-corrected chi connectivity index (χ2v) is 3.11. The van der Waals surface area contributed by atoms with Crippen molar-refractivity contribution >= 4 is 11.9 Å². The normalized spacial score (nSPS) is 22.8. The molecule has 1 heterocycles. The molecule has 2 N–H and O–H groups in total. The maximum Gasteiger partial charge on any atom is 0.322 e. The fraction of sp³-hybridized carbons (Fsp3) is 0.714. The summed E-state index contributed by atoms with van der Waals surface area (Å²) in [4.78, 5) is 23.6. The third-order valence-corrected chi connectivity index (χ3v) is 1.72. The highest BCUT2D eigenvalue weighted by Gasteiger charge is 2.28. The van der Waals surface area contributed by atoms with Crippen molar-refractivity contribution in [2.24, 2.45) is 0 Å². The first-order chi connectivity index (χ1) is 5.59. The molecule has 1 atom stereocenters. The molecule has 0 bridgehead atoms. The lowest BCUT2D eigenvalue weighted by Crippen LogP contribution is -2.32. The van der Waals surface area contributed by atoms with E-state index < -0.39 is 0 Å². The van der Waals surface area contributed by atoms with Crippen LogP contribution in [0.3, 0.4) is 0 Å². The summed E-state index contributed by atoms with van der Waals surface area (Å²) < 4.78 is 0. The van der Waals surface area contributed by atoms with Crippen molar-refractivity contribution < 1.29 is 9.59 Å². The lowest BCUT2D eigenvalue weighted by Gasteiger charge is -2.11. The smallest absolute Gasteiger partial charge is 0.322 e. The van der Waals surface area contributed by atoms with Gasteiger partial charge in [-0.1, -0.05) is 0 Å². The second-order valence-electron chi connectivity index (χ2n) is 3.11. The Kier molecular flexibility index (Phi) is 2.65. The van der Waals surface area contributed by atoms with Crippen molar-refractivity contribution in [3.63, 3.8) is 0 Å². The Balaban J connectivity index is 2.33. The van der Waals surface area contributed by atoms with E-state index in [2.05, 4.69) is 10.6 Å². The topological polar surface area (TPSA) is 61.4 Å². The molecule has 1 saturated heterocycles. The number of carbonyl (C=O) groups excluding carboxylic acids is 2. The van der Waals surface area contributed by atoms with E-state index in [1.54, 1.807) is 0 Å². The molecule has 0 aromatic rings. The van der Waals surface area contributed by atoms with Crippen LogP contribution in [0.25, 0.3) is 0 Å². The standard InChI is InChI=1S/C7H13N3O2/c1-10(2)4-3-5-6(11)9-7(12)8-5/h5H,3-4H2,1-2H3,(H2,8,9,11,12). The van der Waals surface area contributed by atoms with Gasteiger partial charge in [0.25, 0.3) is 5.91 Å². The highest BCUT2D eigenvalue weighted by Crippen LogP contribution is 1.98. The fourth-order valence-electron chi connectivity index (χ4n) is 1.05. The van der Waals surface area contributed by atoms with E-state index in [-0.39, 0.29) is 18.0 Å². The molecule has 0 aliphatic carbocycles. The predicted octanol–water partition coefficient (Wildman–Crippen LogP) is -0.854. The zero-order chi connectivity index (χ0) is 9.14. The van der Waals surface area contributed by atoms with Gasteiger partial charge in [-0.2, -0.15) is 0 Å². The predicted molar refractivity (Wildman–Crippen MR) is 43.6 cm³/mol. The molecule has 1 fully saturated rings. The van der Waals surface area contributed by atoms with Crippen LogP contribution in [-0.2, 0) is 4.79 Å². The third kappa shape index (κ3) is 2.20. The zero-order valence-electron chi connectivity index (χ0n) is 7.26. The van der Waals surface area contributed by atoms with Gasteiger partial charge in [-0.25, -0.2) is 4.79 Å². The summed E-state index contributed by atoms with van der Waals surface area (Å²) in [5.41, 5.74) is 0. The van der Waals surface area contributed by atoms with Crippen molar-refractivity contribution in [1.82, 2.24) is 15.5 Å². The minimum Gasteiger partial charge on any atom is -0.326 e. The molecule has 0 radical (unpaired) electrons. The molecule has 68 valence electrons. The summed E-state index contributed by atoms with van der Waals surface area (Å²) >= 11 is 0. The molecule has 1 unspecified atom stereocenters. The minimum atomic E-state index is -0.385. The number of imide groups is 1. The van der Waals surface area contributed by atoms with Gasteiger partial charge in [0.1, 0.15) is 6.04 Å². The van der Waals surface area contributed by atoms with Gasteiger partial charge >= 0.3 is 6.03 Å². The number of carbonyl (C=O) groups is 2. The Bertz CT molecular complexity index is 203. The third-order valence-electron chi connectivity index (χ3n) is 1.72. The zero-order valence-corrected chi connectivity index (χ0v) is 7.26. The van der Waals surface area contributed by atoms with Crippen LogP contribution >= 0.6 is 0 Å². The van der Waals surface area contributed by atoms with E-state index >= 15 is 0 Å². The molecule has 0 aromatic heterocycles. The molecule has 1 rings (SSSR count). The molecule has 1 aliphatic rings. The van der Waals surface area contributed by atoms with Gasteiger partial charge in [0.15, 0.2) is 0 Å². The van der Waals surface area contributed by atoms with E-state index in [4.69, 9.17) is 0 Å². The number of rotatable bonds is 3. The molecule has 0 spiro atoms. The number of amides is 3. The van der Waals surface area contributed by atoms with Crippen LogP contribution in [0.4, 0.5) is 4.79 Å². The van der Waals surface area contributed by atoms with Crippen molar-refractivity contribution in [1.29, 1.82) is 0 Å². The summed E-state index contributed by atoms with van der Waals surface area (Å²) in [6.07, 6.45) is 0.657. The Morgan fingerprint density at radius 3 is 2.50 bits per heavy atom. The molecule has 1 aliphatic heterocycles. The van der Waals surface area contributed by atoms with Gasteiger partial charge in [0.05, 0.1) is 0 Å². The number of hydrogen-bond donors (Lipinski definition) is 2. The van der Waals surface area contributed by atoms with Gasteiger partial charge in [-0.05, 0) is 27.1 Å². The van der Waals surface area contributed by atoms with E-state index in [0.29, 0.717) is 6.42 Å². The quantitative estimate of drug-likeness (QED) is 0.543. The van der Waals surface area contributed by atoms with Gasteiger partial charge in [-0.15, -0.1) is 0 Å². The van der Waals surface area contributed by atoms with Crippen molar-refractivity contribution in [2.45, 2.75) is 12.5 Å². The van der Waals surface area contributed by atoms with Crippen LogP contribution in [0.2, 0.25) is 0 Å². The summed E-state index contributed by atoms with van der Waals surface area (Å²) in [6.45, 7) is 0.790. The average molecular weight is 171 g/mol. The molecule has 3 amide bonds. The van der Waals surface area contributed by atoms with Crippen LogP contribution < -0.4 is 10.6 Å². The average Bonchev–Trinajstić information content (AvgIpc) is 2.26. The van der Waals surface area contributed by atoms with Gasteiger partial charge in [0.2, 0.25) is 0 Å². The first-order valence-electron chi connectivity index (χ1n) is 3.85. The summed E-state index contributed by atoms with van der Waals surface area (Å²) in [6, 6.07) is -0.733. The minimum absolute atomic E-state index is 0.221. The second kappa shape index (κ2) is 3.53. The summed E-state index contributed by atoms with van der Waals surface area (Å²) in [7, 11) is 3.85. The number of nitrogens with zero attached hydrogens (tertiary/aromatic N) is 1. The van der Waals surface area contributed by atoms with Crippen molar-refractivity contribution in [3.05, 3.63) is 0 Å². The van der Waals surface area contributed by atoms with E-state index in [0.717, 1.165) is 6.54 Å². The van der Waals surface area contributed by atoms with Crippen LogP contribution in [0.5, 0.6) is 0 Å². The van der Waals surface area contributed by atoms with E-state index in [9.17, 15) is 9.59 Å². The summed E-state index contributed by atoms with van der Waals surface area (Å²) in [5, 5.41) is 4.72. The number of hydrogen-bond acceptors (Lipinski definition) is 3. The monoisotopic (exact) mass is 171 g/mol. The molecule has 5 heteroatoms. The molecular formula is C7H13N3O2. The Hall–Kier alpha value is -1.10. The Morgan fingerprint density at radius 1 is 1.42 bits per heavy atom. The van der Waals surface area contributed by atoms with Gasteiger partial charge in [-0.3, -0.25) is 10.1 Å². The van der Waals surface area contributed by atoms with Crippen LogP contribution in [0.15, 0.2) is 0 Å². The SMILES string of the molecule is CN(C)CCC1NC(=O)NC1=O. The maximum absolute atomic E-state index is 11.0. The summed E-state index contributed by atoms with van der Waals surface area (Å²) in [5.74, 6) is -0.221. The molecule has 5 nitrogen and oxygen atoms in total. The van der Waals surface area contributed by atoms with Crippen molar-refractivity contribution in [3.8, 4) is 0 Å². The highest BCUT2D eigenvalue weighted by molar-refractivity contribution is 6.04. The van der Waals surface area contributed by atoms with Gasteiger partial charge < -0.3 is 10.2 Å². The Labute approximate surface area is 71.1 Å². The number of nitrogens with one attached hydrogen (secondary N) is 2. The molecular weight excluding hydrogens is 158 g/mol. The Morgan fingerprint density at radius 2 is 2.08 bits per heavy atom. The largest absolute Gasteiger partial charge is 0.326 e. The lowest BCUT2D eigenvalue weighted by atomic mass is 10.2. The van der Waals surface area contributed by atoms with E-state index in [1.807, 2.05) is 19.0 Å². The maximum atomic E-state index is 11.0. The van der Waals surface area contributed by atoms with Crippen LogP contribution in [0.1, 0.15) is 6.42 Å². The van der Waals surface area contributed by atoms with Crippen LogP contribution in [0, 0.1) is 0 Å². The van der Waals surface area contributed by atoms with Crippen molar-refractivity contribution in [2.75, 3.05) is 20.6 Å². The fourth-order valence-corrected chi connectivity index (χ4v) is 1.05. The first kappa shape index (κ1) is 8.99. The molecule has 0 aromatic carbocycles. The molecule has 0 saturated carbocycles. The number of urea groups is 1. The van der Waals surface area contributed by atoms with Crippen LogP contribution in [-0.4, -0.2) is 43.5 Å². The van der Waals surface area contributed by atoms with Gasteiger partial charge in [0, 0.05) is 0 Å². The highest BCUT2D eigenvalue weighted by atomic mass is 16.2. The first-order valence-corrected chi connectivity index (χ1v) is 3.85. The molecule has 12 heavy (non-hydrogen) atoms. The van der Waals surface area contributed by atoms with E-state index in [1.165, 1.54) is 0 Å².